The molecule has 2 nitrogen and oxygen atoms in total. The largest absolute Gasteiger partial charge is 0.275 e. The predicted molar refractivity (Wildman–Crippen MR) is 197 cm³/mol. The van der Waals surface area contributed by atoms with Gasteiger partial charge in [0, 0.05) is 41.7 Å². The second-order valence-corrected chi connectivity index (χ2v) is 13.2. The zero-order valence-electron chi connectivity index (χ0n) is 24.7. The van der Waals surface area contributed by atoms with E-state index in [0.717, 1.165) is 54.7 Å². The summed E-state index contributed by atoms with van der Waals surface area (Å²) < 4.78 is 4.53. The third-order valence-electron chi connectivity index (χ3n) is 9.55. The molecule has 0 radical (unpaired) electrons. The van der Waals surface area contributed by atoms with Crippen molar-refractivity contribution >= 4 is 69.5 Å². The third-order valence-corrected chi connectivity index (χ3v) is 10.7. The summed E-state index contributed by atoms with van der Waals surface area (Å²) >= 11 is 1.84. The molecule has 0 aliphatic heterocycles. The first-order chi connectivity index (χ1) is 22.7. The van der Waals surface area contributed by atoms with E-state index in [2.05, 4.69) is 127 Å². The number of aromatic nitrogens is 1. The maximum atomic E-state index is 14.1. The van der Waals surface area contributed by atoms with Crippen LogP contribution in [0.25, 0.3) is 91.5 Å². The van der Waals surface area contributed by atoms with Crippen LogP contribution in [-0.4, -0.2) is 4.40 Å². The Kier molecular flexibility index (Phi) is 5.34. The van der Waals surface area contributed by atoms with Crippen LogP contribution in [0.3, 0.4) is 0 Å². The molecule has 0 N–H and O–H groups in total. The monoisotopic (exact) mass is 603 g/mol. The minimum Gasteiger partial charge on any atom is -0.275 e. The zero-order chi connectivity index (χ0) is 30.4. The second kappa shape index (κ2) is 9.61. The fraction of sp³-hybridized carbons (Fsp3) is 0. The molecule has 7 aromatic carbocycles. The summed E-state index contributed by atoms with van der Waals surface area (Å²) in [6, 6.07) is 53.8. The SMILES string of the molecule is O=c1c2ccccc2c2cc(-c3ccc4sc5ccccc5c4c3)cc3c4cc(-c5ccc(-c6ccccc6)cc5)ccc4n1c23. The molecular formula is C43H25NOS. The van der Waals surface area contributed by atoms with Crippen LogP contribution in [0.4, 0.5) is 0 Å². The van der Waals surface area contributed by atoms with Gasteiger partial charge in [0.2, 0.25) is 0 Å². The number of benzene rings is 7. The Labute approximate surface area is 268 Å². The Balaban J connectivity index is 1.24. The number of rotatable bonds is 3. The summed E-state index contributed by atoms with van der Waals surface area (Å²) in [4.78, 5) is 14.1. The molecule has 214 valence electrons. The fourth-order valence-electron chi connectivity index (χ4n) is 7.33. The first-order valence-electron chi connectivity index (χ1n) is 15.6. The second-order valence-electron chi connectivity index (χ2n) is 12.1. The topological polar surface area (TPSA) is 21.5 Å². The molecule has 10 rings (SSSR count). The van der Waals surface area contributed by atoms with Gasteiger partial charge in [-0.15, -0.1) is 11.3 Å². The molecule has 0 saturated heterocycles. The highest BCUT2D eigenvalue weighted by atomic mass is 32.1. The normalized spacial score (nSPS) is 12.0. The molecule has 10 aromatic rings. The van der Waals surface area contributed by atoms with E-state index in [9.17, 15) is 4.79 Å². The van der Waals surface area contributed by atoms with Crippen LogP contribution >= 0.6 is 11.3 Å². The van der Waals surface area contributed by atoms with E-state index in [0.29, 0.717) is 0 Å². The predicted octanol–water partition coefficient (Wildman–Crippen LogP) is 11.6. The first-order valence-corrected chi connectivity index (χ1v) is 16.4. The Morgan fingerprint density at radius 2 is 0.891 bits per heavy atom. The van der Waals surface area contributed by atoms with Crippen molar-refractivity contribution in [3.8, 4) is 33.4 Å². The van der Waals surface area contributed by atoms with E-state index in [1.54, 1.807) is 0 Å². The summed E-state index contributed by atoms with van der Waals surface area (Å²) in [6.07, 6.45) is 0. The lowest BCUT2D eigenvalue weighted by Gasteiger charge is -2.10. The average molecular weight is 604 g/mol. The molecule has 0 fully saturated rings. The number of pyridine rings is 1. The lowest BCUT2D eigenvalue weighted by molar-refractivity contribution is 1.21. The van der Waals surface area contributed by atoms with Gasteiger partial charge in [0.15, 0.2) is 0 Å². The fourth-order valence-corrected chi connectivity index (χ4v) is 8.41. The van der Waals surface area contributed by atoms with Crippen molar-refractivity contribution < 1.29 is 0 Å². The third kappa shape index (κ3) is 3.67. The van der Waals surface area contributed by atoms with Crippen LogP contribution < -0.4 is 5.56 Å². The molecule has 3 aromatic heterocycles. The van der Waals surface area contributed by atoms with Crippen molar-refractivity contribution in [2.75, 3.05) is 0 Å². The Bertz CT molecular complexity index is 2860. The van der Waals surface area contributed by atoms with Gasteiger partial charge < -0.3 is 0 Å². The van der Waals surface area contributed by atoms with Gasteiger partial charge in [-0.2, -0.15) is 0 Å². The Morgan fingerprint density at radius 1 is 0.370 bits per heavy atom. The highest BCUT2D eigenvalue weighted by Gasteiger charge is 2.19. The molecule has 0 saturated carbocycles. The van der Waals surface area contributed by atoms with Crippen molar-refractivity contribution in [3.05, 3.63) is 162 Å². The van der Waals surface area contributed by atoms with Crippen molar-refractivity contribution in [2.24, 2.45) is 0 Å². The summed E-state index contributed by atoms with van der Waals surface area (Å²) in [5.41, 5.74) is 8.97. The quantitative estimate of drug-likeness (QED) is 0.184. The molecule has 3 heteroatoms. The Hall–Kier alpha value is -5.77. The standard InChI is InChI=1S/C43H25NOS/c45-43-34-12-5-4-10-32(34)37-24-31(30-19-21-41-36(23-30)33-11-6-7-13-40(33)46-41)25-38-35-22-29(18-20-39(35)44(43)42(37)38)28-16-14-27(15-17-28)26-8-2-1-3-9-26/h1-25H. The number of hydrogen-bond donors (Lipinski definition) is 0. The summed E-state index contributed by atoms with van der Waals surface area (Å²) in [6.45, 7) is 0. The molecule has 3 heterocycles. The first kappa shape index (κ1) is 25.5. The smallest absolute Gasteiger partial charge is 0.263 e. The zero-order valence-corrected chi connectivity index (χ0v) is 25.5. The van der Waals surface area contributed by atoms with Gasteiger partial charge in [0.25, 0.3) is 5.56 Å². The minimum atomic E-state index is 0.0296. The highest BCUT2D eigenvalue weighted by molar-refractivity contribution is 7.25. The van der Waals surface area contributed by atoms with E-state index < -0.39 is 0 Å². The maximum Gasteiger partial charge on any atom is 0.263 e. The van der Waals surface area contributed by atoms with Crippen LogP contribution in [0.5, 0.6) is 0 Å². The van der Waals surface area contributed by atoms with E-state index in [1.165, 1.54) is 36.9 Å². The summed E-state index contributed by atoms with van der Waals surface area (Å²) in [5.74, 6) is 0. The average Bonchev–Trinajstić information content (AvgIpc) is 3.66. The van der Waals surface area contributed by atoms with Gasteiger partial charge in [-0.05, 0) is 87.3 Å². The molecule has 0 amide bonds. The van der Waals surface area contributed by atoms with Crippen molar-refractivity contribution in [3.63, 3.8) is 0 Å². The molecule has 0 aliphatic rings. The van der Waals surface area contributed by atoms with Gasteiger partial charge in [0.1, 0.15) is 0 Å². The molecule has 46 heavy (non-hydrogen) atoms. The highest BCUT2D eigenvalue weighted by Crippen LogP contribution is 2.41. The van der Waals surface area contributed by atoms with Crippen LogP contribution in [0.1, 0.15) is 0 Å². The number of thiophene rings is 1. The summed E-state index contributed by atoms with van der Waals surface area (Å²) in [7, 11) is 0. The molecule has 0 bridgehead atoms. The Morgan fingerprint density at radius 3 is 1.70 bits per heavy atom. The molecular weight excluding hydrogens is 579 g/mol. The van der Waals surface area contributed by atoms with Gasteiger partial charge in [0.05, 0.1) is 11.0 Å². The van der Waals surface area contributed by atoms with E-state index >= 15 is 0 Å². The molecule has 0 atom stereocenters. The number of hydrogen-bond acceptors (Lipinski definition) is 2. The van der Waals surface area contributed by atoms with Gasteiger partial charge in [-0.25, -0.2) is 0 Å². The van der Waals surface area contributed by atoms with Crippen molar-refractivity contribution in [2.45, 2.75) is 0 Å². The minimum absolute atomic E-state index is 0.0296. The van der Waals surface area contributed by atoms with Crippen LogP contribution in [0, 0.1) is 0 Å². The van der Waals surface area contributed by atoms with Crippen molar-refractivity contribution in [1.29, 1.82) is 0 Å². The van der Waals surface area contributed by atoms with Gasteiger partial charge in [-0.3, -0.25) is 9.20 Å². The van der Waals surface area contributed by atoms with Gasteiger partial charge >= 0.3 is 0 Å². The molecule has 0 aliphatic carbocycles. The molecule has 0 spiro atoms. The van der Waals surface area contributed by atoms with E-state index in [1.807, 2.05) is 40.0 Å². The lowest BCUT2D eigenvalue weighted by Crippen LogP contribution is -2.12. The van der Waals surface area contributed by atoms with Crippen molar-refractivity contribution in [1.82, 2.24) is 4.40 Å². The maximum absolute atomic E-state index is 14.1. The van der Waals surface area contributed by atoms with Crippen LogP contribution in [0.15, 0.2) is 156 Å². The van der Waals surface area contributed by atoms with Gasteiger partial charge in [-0.1, -0.05) is 103 Å². The van der Waals surface area contributed by atoms with E-state index in [-0.39, 0.29) is 5.56 Å². The number of fused-ring (bicyclic) bond motifs is 8. The molecule has 0 unspecified atom stereocenters. The number of nitrogens with zero attached hydrogens (tertiary/aromatic N) is 1. The lowest BCUT2D eigenvalue weighted by atomic mass is 9.96. The van der Waals surface area contributed by atoms with Crippen LogP contribution in [-0.2, 0) is 0 Å². The van der Waals surface area contributed by atoms with E-state index in [4.69, 9.17) is 0 Å². The summed E-state index contributed by atoms with van der Waals surface area (Å²) in [5, 5.41) is 7.60. The van der Waals surface area contributed by atoms with Crippen LogP contribution in [0.2, 0.25) is 0 Å².